The van der Waals surface area contributed by atoms with E-state index in [9.17, 15) is 8.42 Å². The maximum absolute atomic E-state index is 12.3. The third-order valence-electron chi connectivity index (χ3n) is 3.08. The predicted octanol–water partition coefficient (Wildman–Crippen LogP) is 1.65. The third kappa shape index (κ3) is 2.55. The van der Waals surface area contributed by atoms with Gasteiger partial charge in [0.2, 0.25) is 15.9 Å². The average Bonchev–Trinajstić information content (AvgIpc) is 3.00. The van der Waals surface area contributed by atoms with Crippen LogP contribution in [0.1, 0.15) is 17.3 Å². The molecule has 3 aromatic rings. The largest absolute Gasteiger partial charge is 0.439 e. The minimum absolute atomic E-state index is 0.0128. The molecule has 8 heteroatoms. The molecule has 0 radical (unpaired) electrons. The van der Waals surface area contributed by atoms with Gasteiger partial charge in [-0.25, -0.2) is 18.1 Å². The lowest BCUT2D eigenvalue weighted by Gasteiger charge is -2.04. The van der Waals surface area contributed by atoms with Crippen molar-refractivity contribution in [2.45, 2.75) is 25.3 Å². The summed E-state index contributed by atoms with van der Waals surface area (Å²) in [7, 11) is -3.66. The quantitative estimate of drug-likeness (QED) is 0.763. The van der Waals surface area contributed by atoms with Crippen LogP contribution in [-0.2, 0) is 16.6 Å². The first-order chi connectivity index (χ1) is 9.97. The highest BCUT2D eigenvalue weighted by atomic mass is 32.2. The Morgan fingerprint density at radius 3 is 2.71 bits per heavy atom. The molecule has 0 saturated heterocycles. The van der Waals surface area contributed by atoms with Crippen molar-refractivity contribution in [1.29, 1.82) is 0 Å². The summed E-state index contributed by atoms with van der Waals surface area (Å²) in [5, 5.41) is 6.54. The van der Waals surface area contributed by atoms with E-state index >= 15 is 0 Å². The number of hydrogen-bond donors (Lipinski definition) is 2. The van der Waals surface area contributed by atoms with E-state index in [1.54, 1.807) is 26.0 Å². The van der Waals surface area contributed by atoms with Gasteiger partial charge in [-0.3, -0.25) is 5.10 Å². The molecule has 7 nitrogen and oxygen atoms in total. The molecule has 21 heavy (non-hydrogen) atoms. The number of fused-ring (bicyclic) bond motifs is 1. The molecular formula is C13H14N4O3S. The molecule has 2 N–H and O–H groups in total. The second-order valence-corrected chi connectivity index (χ2v) is 6.37. The number of hydrogen-bond acceptors (Lipinski definition) is 5. The molecule has 0 aliphatic heterocycles. The van der Waals surface area contributed by atoms with Gasteiger partial charge in [0.15, 0.2) is 5.58 Å². The van der Waals surface area contributed by atoms with Gasteiger partial charge in [0.05, 0.1) is 17.9 Å². The Morgan fingerprint density at radius 1 is 1.29 bits per heavy atom. The van der Waals surface area contributed by atoms with Gasteiger partial charge >= 0.3 is 0 Å². The summed E-state index contributed by atoms with van der Waals surface area (Å²) in [6, 6.07) is 7.27. The van der Waals surface area contributed by atoms with Crippen LogP contribution in [0.25, 0.3) is 11.1 Å². The number of oxazole rings is 1. The van der Waals surface area contributed by atoms with Crippen molar-refractivity contribution in [3.8, 4) is 0 Å². The number of aryl methyl sites for hydroxylation is 2. The molecule has 0 amide bonds. The maximum atomic E-state index is 12.3. The molecule has 2 aromatic heterocycles. The van der Waals surface area contributed by atoms with Gasteiger partial charge in [-0.1, -0.05) is 12.1 Å². The minimum Gasteiger partial charge on any atom is -0.439 e. The molecule has 0 aliphatic rings. The molecule has 0 fully saturated rings. The van der Waals surface area contributed by atoms with Gasteiger partial charge in [-0.2, -0.15) is 5.10 Å². The number of nitrogens with one attached hydrogen (secondary N) is 2. The molecule has 0 spiro atoms. The van der Waals surface area contributed by atoms with Gasteiger partial charge in [0, 0.05) is 0 Å². The fraction of sp³-hybridized carbons (Fsp3) is 0.231. The first-order valence-corrected chi connectivity index (χ1v) is 7.81. The zero-order valence-corrected chi connectivity index (χ0v) is 12.4. The van der Waals surface area contributed by atoms with Crippen molar-refractivity contribution < 1.29 is 12.8 Å². The van der Waals surface area contributed by atoms with E-state index in [1.807, 2.05) is 12.1 Å². The van der Waals surface area contributed by atoms with Crippen molar-refractivity contribution >= 4 is 21.1 Å². The second kappa shape index (κ2) is 4.97. The molecule has 1 aromatic carbocycles. The van der Waals surface area contributed by atoms with Gasteiger partial charge in [-0.05, 0) is 26.0 Å². The van der Waals surface area contributed by atoms with Crippen molar-refractivity contribution in [3.05, 3.63) is 41.5 Å². The van der Waals surface area contributed by atoms with Gasteiger partial charge < -0.3 is 4.42 Å². The molecule has 110 valence electrons. The topological polar surface area (TPSA) is 101 Å². The molecule has 0 unspecified atom stereocenters. The highest BCUT2D eigenvalue weighted by molar-refractivity contribution is 7.89. The van der Waals surface area contributed by atoms with Crippen molar-refractivity contribution in [2.75, 3.05) is 0 Å². The summed E-state index contributed by atoms with van der Waals surface area (Å²) in [4.78, 5) is 4.39. The summed E-state index contributed by atoms with van der Waals surface area (Å²) in [6.07, 6.45) is 0. The lowest BCUT2D eigenvalue weighted by Crippen LogP contribution is -2.24. The van der Waals surface area contributed by atoms with Crippen molar-refractivity contribution in [2.24, 2.45) is 0 Å². The fourth-order valence-corrected chi connectivity index (χ4v) is 3.50. The first-order valence-electron chi connectivity index (χ1n) is 6.33. The molecule has 0 saturated carbocycles. The molecular weight excluding hydrogens is 292 g/mol. The van der Waals surface area contributed by atoms with Crippen LogP contribution >= 0.6 is 0 Å². The van der Waals surface area contributed by atoms with Crippen LogP contribution < -0.4 is 4.72 Å². The Kier molecular flexibility index (Phi) is 3.26. The Labute approximate surface area is 121 Å². The molecule has 2 heterocycles. The highest BCUT2D eigenvalue weighted by Crippen LogP contribution is 2.18. The van der Waals surface area contributed by atoms with Gasteiger partial charge in [-0.15, -0.1) is 0 Å². The lowest BCUT2D eigenvalue weighted by atomic mass is 10.3. The average molecular weight is 306 g/mol. The summed E-state index contributed by atoms with van der Waals surface area (Å²) < 4.78 is 32.5. The van der Waals surface area contributed by atoms with Crippen LogP contribution in [0, 0.1) is 13.8 Å². The number of aromatic amines is 1. The summed E-state index contributed by atoms with van der Waals surface area (Å²) in [6.45, 7) is 3.28. The summed E-state index contributed by atoms with van der Waals surface area (Å²) in [5.74, 6) is 0.318. The minimum atomic E-state index is -3.66. The molecule has 0 aliphatic carbocycles. The normalized spacial score (nSPS) is 12.1. The zero-order valence-electron chi connectivity index (χ0n) is 11.5. The van der Waals surface area contributed by atoms with Crippen molar-refractivity contribution in [3.63, 3.8) is 0 Å². The Balaban J connectivity index is 1.84. The number of nitrogens with zero attached hydrogens (tertiary/aromatic N) is 2. The molecule has 0 atom stereocenters. The molecule has 3 rings (SSSR count). The smallest absolute Gasteiger partial charge is 0.244 e. The number of sulfonamides is 1. The van der Waals surface area contributed by atoms with Crippen LogP contribution in [-0.4, -0.2) is 23.6 Å². The van der Waals surface area contributed by atoms with Crippen LogP contribution in [0.5, 0.6) is 0 Å². The van der Waals surface area contributed by atoms with Gasteiger partial charge in [0.25, 0.3) is 0 Å². The number of H-pyrrole nitrogens is 1. The van der Waals surface area contributed by atoms with Crippen LogP contribution in [0.15, 0.2) is 33.6 Å². The van der Waals surface area contributed by atoms with Crippen molar-refractivity contribution in [1.82, 2.24) is 19.9 Å². The second-order valence-electron chi connectivity index (χ2n) is 4.66. The number of aromatic nitrogens is 3. The third-order valence-corrected chi connectivity index (χ3v) is 4.74. The predicted molar refractivity (Wildman–Crippen MR) is 76.1 cm³/mol. The van der Waals surface area contributed by atoms with E-state index in [2.05, 4.69) is 19.9 Å². The highest BCUT2D eigenvalue weighted by Gasteiger charge is 2.22. The summed E-state index contributed by atoms with van der Waals surface area (Å²) >= 11 is 0. The number of benzene rings is 1. The maximum Gasteiger partial charge on any atom is 0.244 e. The summed E-state index contributed by atoms with van der Waals surface area (Å²) in [5.41, 5.74) is 2.25. The Morgan fingerprint density at radius 2 is 2.05 bits per heavy atom. The zero-order chi connectivity index (χ0) is 15.0. The van der Waals surface area contributed by atoms with Crippen LogP contribution in [0.2, 0.25) is 0 Å². The van der Waals surface area contributed by atoms with E-state index < -0.39 is 10.0 Å². The van der Waals surface area contributed by atoms with Gasteiger partial charge in [0.1, 0.15) is 10.4 Å². The Hall–Kier alpha value is -2.19. The van der Waals surface area contributed by atoms with E-state index in [0.29, 0.717) is 28.4 Å². The monoisotopic (exact) mass is 306 g/mol. The van der Waals surface area contributed by atoms with Crippen LogP contribution in [0.3, 0.4) is 0 Å². The standard InChI is InChI=1S/C13H14N4O3S/c1-8-13(9(2)17-16-8)21(18,19)14-7-12-15-10-5-3-4-6-11(10)20-12/h3-6,14H,7H2,1-2H3,(H,16,17). The number of rotatable bonds is 4. The van der Waals surface area contributed by atoms with E-state index in [1.165, 1.54) is 0 Å². The fourth-order valence-electron chi connectivity index (χ4n) is 2.16. The first kappa shape index (κ1) is 13.8. The van der Waals surface area contributed by atoms with E-state index in [-0.39, 0.29) is 11.4 Å². The lowest BCUT2D eigenvalue weighted by molar-refractivity contribution is 0.513. The SMILES string of the molecule is Cc1n[nH]c(C)c1S(=O)(=O)NCc1nc2ccccc2o1. The molecule has 0 bridgehead atoms. The Bertz CT molecular complexity index is 843. The van der Waals surface area contributed by atoms with E-state index in [0.717, 1.165) is 0 Å². The van der Waals surface area contributed by atoms with E-state index in [4.69, 9.17) is 4.42 Å². The van der Waals surface area contributed by atoms with Crippen LogP contribution in [0.4, 0.5) is 0 Å². The number of para-hydroxylation sites is 2.